The summed E-state index contributed by atoms with van der Waals surface area (Å²) in [6, 6.07) is 10.2. The lowest BCUT2D eigenvalue weighted by Gasteiger charge is -2.03. The molecule has 0 saturated heterocycles. The van der Waals surface area contributed by atoms with Crippen LogP contribution >= 0.6 is 11.8 Å². The van der Waals surface area contributed by atoms with Gasteiger partial charge in [-0.1, -0.05) is 42.1 Å². The van der Waals surface area contributed by atoms with E-state index in [0.29, 0.717) is 6.54 Å². The molecule has 0 heterocycles. The molecule has 0 unspecified atom stereocenters. The summed E-state index contributed by atoms with van der Waals surface area (Å²) in [6.45, 7) is 4.58. The number of nitrogens with one attached hydrogen (secondary N) is 1. The van der Waals surface area contributed by atoms with Crippen molar-refractivity contribution in [2.45, 2.75) is 20.4 Å². The number of nitrogens with zero attached hydrogens (tertiary/aromatic N) is 2. The number of hydrazone groups is 1. The molecular formula is C12H17N3S. The number of hydrogen-bond donors (Lipinski definition) is 1. The van der Waals surface area contributed by atoms with Gasteiger partial charge in [-0.3, -0.25) is 10.4 Å². The maximum absolute atomic E-state index is 4.45. The number of amidine groups is 1. The molecule has 3 nitrogen and oxygen atoms in total. The second-order valence-electron chi connectivity index (χ2n) is 3.48. The molecule has 0 fully saturated rings. The van der Waals surface area contributed by atoms with E-state index in [4.69, 9.17) is 0 Å². The van der Waals surface area contributed by atoms with Crippen LogP contribution in [0, 0.1) is 0 Å². The summed E-state index contributed by atoms with van der Waals surface area (Å²) in [5.74, 6) is 0. The molecule has 0 atom stereocenters. The van der Waals surface area contributed by atoms with Crippen molar-refractivity contribution in [3.05, 3.63) is 35.9 Å². The Morgan fingerprint density at radius 1 is 1.25 bits per heavy atom. The first-order valence-corrected chi connectivity index (χ1v) is 6.34. The van der Waals surface area contributed by atoms with E-state index in [9.17, 15) is 0 Å². The highest BCUT2D eigenvalue weighted by Gasteiger charge is 1.94. The van der Waals surface area contributed by atoms with E-state index in [1.807, 2.05) is 38.3 Å². The topological polar surface area (TPSA) is 36.8 Å². The highest BCUT2D eigenvalue weighted by Crippen LogP contribution is 2.03. The Morgan fingerprint density at radius 3 is 2.50 bits per heavy atom. The highest BCUT2D eigenvalue weighted by molar-refractivity contribution is 8.13. The number of benzene rings is 1. The van der Waals surface area contributed by atoms with Crippen molar-refractivity contribution < 1.29 is 0 Å². The van der Waals surface area contributed by atoms with E-state index in [1.165, 1.54) is 5.56 Å². The zero-order valence-electron chi connectivity index (χ0n) is 9.90. The third-order valence-corrected chi connectivity index (χ3v) is 2.42. The van der Waals surface area contributed by atoms with Crippen molar-refractivity contribution in [1.82, 2.24) is 5.43 Å². The minimum Gasteiger partial charge on any atom is -0.256 e. The second kappa shape index (κ2) is 7.06. The number of aliphatic imine (C=N–C) groups is 1. The van der Waals surface area contributed by atoms with Crippen molar-refractivity contribution >= 4 is 22.6 Å². The zero-order valence-corrected chi connectivity index (χ0v) is 10.7. The van der Waals surface area contributed by atoms with Gasteiger partial charge in [0.2, 0.25) is 0 Å². The summed E-state index contributed by atoms with van der Waals surface area (Å²) in [5, 5.41) is 4.96. The van der Waals surface area contributed by atoms with Crippen LogP contribution in [0.1, 0.15) is 19.4 Å². The lowest BCUT2D eigenvalue weighted by atomic mass is 10.2. The van der Waals surface area contributed by atoms with Gasteiger partial charge in [0.05, 0.1) is 6.54 Å². The molecule has 1 rings (SSSR count). The van der Waals surface area contributed by atoms with Gasteiger partial charge in [-0.2, -0.15) is 5.10 Å². The van der Waals surface area contributed by atoms with Crippen LogP contribution in [-0.2, 0) is 6.54 Å². The van der Waals surface area contributed by atoms with Crippen LogP contribution < -0.4 is 5.43 Å². The Hall–Kier alpha value is -1.29. The standard InChI is InChI=1S/C12H17N3S/c1-10(2)14-15-12(16-3)13-9-11-7-5-4-6-8-11/h4-8H,9H2,1-3H3,(H,13,15). The smallest absolute Gasteiger partial charge is 0.177 e. The SMILES string of the molecule is CSC(=NCc1ccccc1)NN=C(C)C. The minimum atomic E-state index is 0.683. The monoisotopic (exact) mass is 235 g/mol. The van der Waals surface area contributed by atoms with Crippen molar-refractivity contribution in [1.29, 1.82) is 0 Å². The first kappa shape index (κ1) is 12.8. The van der Waals surface area contributed by atoms with Crippen LogP contribution in [0.3, 0.4) is 0 Å². The van der Waals surface area contributed by atoms with E-state index >= 15 is 0 Å². The van der Waals surface area contributed by atoms with Crippen molar-refractivity contribution in [2.75, 3.05) is 6.26 Å². The van der Waals surface area contributed by atoms with Crippen LogP contribution in [0.4, 0.5) is 0 Å². The predicted molar refractivity (Wildman–Crippen MR) is 73.0 cm³/mol. The molecule has 0 spiro atoms. The molecule has 0 aliphatic heterocycles. The summed E-state index contributed by atoms with van der Waals surface area (Å²) >= 11 is 1.56. The van der Waals surface area contributed by atoms with Crippen molar-refractivity contribution in [3.63, 3.8) is 0 Å². The third kappa shape index (κ3) is 4.98. The molecule has 0 aromatic heterocycles. The molecule has 1 aromatic carbocycles. The van der Waals surface area contributed by atoms with Gasteiger partial charge in [0.15, 0.2) is 5.17 Å². The zero-order chi connectivity index (χ0) is 11.8. The molecule has 86 valence electrons. The fourth-order valence-electron chi connectivity index (χ4n) is 1.05. The van der Waals surface area contributed by atoms with Gasteiger partial charge in [0.1, 0.15) is 0 Å². The molecular weight excluding hydrogens is 218 g/mol. The average Bonchev–Trinajstić information content (AvgIpc) is 2.30. The summed E-state index contributed by atoms with van der Waals surface area (Å²) in [7, 11) is 0. The van der Waals surface area contributed by atoms with E-state index in [0.717, 1.165) is 10.9 Å². The van der Waals surface area contributed by atoms with Gasteiger partial charge in [-0.05, 0) is 25.7 Å². The van der Waals surface area contributed by atoms with Gasteiger partial charge in [-0.15, -0.1) is 0 Å². The fourth-order valence-corrected chi connectivity index (χ4v) is 1.38. The molecule has 0 bridgehead atoms. The molecule has 4 heteroatoms. The van der Waals surface area contributed by atoms with Crippen LogP contribution in [0.15, 0.2) is 40.4 Å². The summed E-state index contributed by atoms with van der Waals surface area (Å²) in [4.78, 5) is 4.45. The quantitative estimate of drug-likeness (QED) is 0.497. The Labute approximate surface area is 101 Å². The average molecular weight is 235 g/mol. The Bertz CT molecular complexity index is 367. The molecule has 0 aliphatic carbocycles. The molecule has 0 saturated carbocycles. The molecule has 0 amide bonds. The number of hydrogen-bond acceptors (Lipinski definition) is 3. The van der Waals surface area contributed by atoms with Crippen molar-refractivity contribution in [3.8, 4) is 0 Å². The Kier molecular flexibility index (Phi) is 5.64. The van der Waals surface area contributed by atoms with Crippen LogP contribution in [-0.4, -0.2) is 17.1 Å². The summed E-state index contributed by atoms with van der Waals surface area (Å²) in [5.41, 5.74) is 5.13. The van der Waals surface area contributed by atoms with E-state index < -0.39 is 0 Å². The first-order chi connectivity index (χ1) is 7.72. The largest absolute Gasteiger partial charge is 0.256 e. The van der Waals surface area contributed by atoms with Crippen LogP contribution in [0.2, 0.25) is 0 Å². The number of rotatable bonds is 3. The lowest BCUT2D eigenvalue weighted by molar-refractivity contribution is 0.990. The Balaban J connectivity index is 2.57. The van der Waals surface area contributed by atoms with Gasteiger partial charge in [-0.25, -0.2) is 0 Å². The molecule has 1 aromatic rings. The molecule has 0 radical (unpaired) electrons. The maximum atomic E-state index is 4.45. The van der Waals surface area contributed by atoms with Gasteiger partial charge < -0.3 is 0 Å². The van der Waals surface area contributed by atoms with Crippen LogP contribution in [0.5, 0.6) is 0 Å². The van der Waals surface area contributed by atoms with E-state index in [-0.39, 0.29) is 0 Å². The lowest BCUT2D eigenvalue weighted by Crippen LogP contribution is -2.14. The molecule has 0 aliphatic rings. The predicted octanol–water partition coefficient (Wildman–Crippen LogP) is 2.89. The van der Waals surface area contributed by atoms with Gasteiger partial charge in [0.25, 0.3) is 0 Å². The fraction of sp³-hybridized carbons (Fsp3) is 0.333. The number of thioether (sulfide) groups is 1. The summed E-state index contributed by atoms with van der Waals surface area (Å²) < 4.78 is 0. The van der Waals surface area contributed by atoms with E-state index in [1.54, 1.807) is 11.8 Å². The van der Waals surface area contributed by atoms with E-state index in [2.05, 4.69) is 27.7 Å². The van der Waals surface area contributed by atoms with Crippen molar-refractivity contribution in [2.24, 2.45) is 10.1 Å². The van der Waals surface area contributed by atoms with Gasteiger partial charge >= 0.3 is 0 Å². The van der Waals surface area contributed by atoms with Gasteiger partial charge in [0, 0.05) is 5.71 Å². The normalized spacial score (nSPS) is 11.1. The molecule has 1 N–H and O–H groups in total. The highest BCUT2D eigenvalue weighted by atomic mass is 32.2. The first-order valence-electron chi connectivity index (χ1n) is 5.11. The summed E-state index contributed by atoms with van der Waals surface area (Å²) in [6.07, 6.45) is 1.98. The molecule has 16 heavy (non-hydrogen) atoms. The minimum absolute atomic E-state index is 0.683. The van der Waals surface area contributed by atoms with Crippen LogP contribution in [0.25, 0.3) is 0 Å². The third-order valence-electron chi connectivity index (χ3n) is 1.82. The second-order valence-corrected chi connectivity index (χ2v) is 4.28. The maximum Gasteiger partial charge on any atom is 0.177 e. The Morgan fingerprint density at radius 2 is 1.94 bits per heavy atom.